The van der Waals surface area contributed by atoms with Crippen LogP contribution in [0.4, 0.5) is 5.82 Å². The topological polar surface area (TPSA) is 19.4 Å². The summed E-state index contributed by atoms with van der Waals surface area (Å²) in [6.45, 7) is 6.54. The predicted molar refractivity (Wildman–Crippen MR) is 96.7 cm³/mol. The van der Waals surface area contributed by atoms with Gasteiger partial charge in [-0.15, -0.1) is 0 Å². The Hall–Kier alpha value is -1.87. The van der Waals surface area contributed by atoms with Crippen molar-refractivity contribution >= 4 is 5.82 Å². The molecule has 0 N–H and O–H groups in total. The zero-order valence-electron chi connectivity index (χ0n) is 14.3. The number of pyridine rings is 1. The highest BCUT2D eigenvalue weighted by Crippen LogP contribution is 2.23. The fourth-order valence-electron chi connectivity index (χ4n) is 3.45. The molecule has 0 saturated carbocycles. The third-order valence-corrected chi connectivity index (χ3v) is 4.68. The molecule has 0 aliphatic carbocycles. The second kappa shape index (κ2) is 7.60. The number of rotatable bonds is 5. The van der Waals surface area contributed by atoms with Crippen LogP contribution in [0, 0.1) is 12.8 Å². The standard InChI is InChI=1S/C20H27N3/c1-17-7-6-10-20(21-17)23-13-11-19(12-14-23)16-22(2)15-18-8-4-3-5-9-18/h3-10,19H,11-16H2,1-2H3. The van der Waals surface area contributed by atoms with Crippen molar-refractivity contribution in [3.63, 3.8) is 0 Å². The quantitative estimate of drug-likeness (QED) is 0.839. The van der Waals surface area contributed by atoms with Gasteiger partial charge in [0.15, 0.2) is 0 Å². The molecule has 3 rings (SSSR count). The molecule has 1 aliphatic heterocycles. The molecule has 0 radical (unpaired) electrons. The normalized spacial score (nSPS) is 16.0. The summed E-state index contributed by atoms with van der Waals surface area (Å²) in [4.78, 5) is 9.54. The molecule has 3 heteroatoms. The molecule has 2 heterocycles. The van der Waals surface area contributed by atoms with E-state index < -0.39 is 0 Å². The van der Waals surface area contributed by atoms with E-state index in [0.717, 1.165) is 37.1 Å². The molecule has 23 heavy (non-hydrogen) atoms. The van der Waals surface area contributed by atoms with Crippen molar-refractivity contribution in [1.29, 1.82) is 0 Å². The van der Waals surface area contributed by atoms with E-state index in [1.807, 2.05) is 0 Å². The van der Waals surface area contributed by atoms with E-state index in [2.05, 4.69) is 77.3 Å². The van der Waals surface area contributed by atoms with Crippen LogP contribution in [0.25, 0.3) is 0 Å². The van der Waals surface area contributed by atoms with Crippen molar-refractivity contribution in [3.05, 3.63) is 59.8 Å². The van der Waals surface area contributed by atoms with Gasteiger partial charge in [-0.3, -0.25) is 0 Å². The second-order valence-electron chi connectivity index (χ2n) is 6.75. The van der Waals surface area contributed by atoms with Crippen LogP contribution in [0.15, 0.2) is 48.5 Å². The molecule has 0 atom stereocenters. The minimum Gasteiger partial charge on any atom is -0.357 e. The van der Waals surface area contributed by atoms with E-state index in [9.17, 15) is 0 Å². The molecule has 1 aromatic heterocycles. The molecular weight excluding hydrogens is 282 g/mol. The highest BCUT2D eigenvalue weighted by Gasteiger charge is 2.21. The number of aromatic nitrogens is 1. The van der Waals surface area contributed by atoms with Crippen LogP contribution in [-0.4, -0.2) is 36.6 Å². The Morgan fingerprint density at radius 2 is 1.78 bits per heavy atom. The lowest BCUT2D eigenvalue weighted by atomic mass is 9.96. The zero-order valence-corrected chi connectivity index (χ0v) is 14.3. The Kier molecular flexibility index (Phi) is 5.29. The van der Waals surface area contributed by atoms with Gasteiger partial charge in [0.25, 0.3) is 0 Å². The lowest BCUT2D eigenvalue weighted by Gasteiger charge is -2.34. The molecule has 1 aromatic carbocycles. The Bertz CT molecular complexity index is 603. The third kappa shape index (κ3) is 4.55. The molecule has 0 amide bonds. The average molecular weight is 309 g/mol. The van der Waals surface area contributed by atoms with Gasteiger partial charge in [0, 0.05) is 31.9 Å². The van der Waals surface area contributed by atoms with Crippen molar-refractivity contribution in [2.24, 2.45) is 5.92 Å². The first-order valence-electron chi connectivity index (χ1n) is 8.62. The second-order valence-corrected chi connectivity index (χ2v) is 6.75. The lowest BCUT2D eigenvalue weighted by molar-refractivity contribution is 0.242. The summed E-state index contributed by atoms with van der Waals surface area (Å²) in [5.41, 5.74) is 2.50. The van der Waals surface area contributed by atoms with Gasteiger partial charge in [0.1, 0.15) is 5.82 Å². The molecular formula is C20H27N3. The molecule has 122 valence electrons. The maximum Gasteiger partial charge on any atom is 0.128 e. The van der Waals surface area contributed by atoms with Crippen molar-refractivity contribution < 1.29 is 0 Å². The Balaban J connectivity index is 1.47. The number of hydrogen-bond acceptors (Lipinski definition) is 3. The van der Waals surface area contributed by atoms with Gasteiger partial charge in [0.05, 0.1) is 0 Å². The van der Waals surface area contributed by atoms with Crippen molar-refractivity contribution in [2.45, 2.75) is 26.3 Å². The molecule has 3 nitrogen and oxygen atoms in total. The van der Waals surface area contributed by atoms with E-state index in [4.69, 9.17) is 0 Å². The fourth-order valence-corrected chi connectivity index (χ4v) is 3.45. The first-order valence-corrected chi connectivity index (χ1v) is 8.62. The van der Waals surface area contributed by atoms with Gasteiger partial charge in [-0.25, -0.2) is 4.98 Å². The Morgan fingerprint density at radius 3 is 2.48 bits per heavy atom. The first-order chi connectivity index (χ1) is 11.2. The van der Waals surface area contributed by atoms with Gasteiger partial charge >= 0.3 is 0 Å². The van der Waals surface area contributed by atoms with Crippen LogP contribution in [0.2, 0.25) is 0 Å². The molecule has 2 aromatic rings. The summed E-state index contributed by atoms with van der Waals surface area (Å²) in [5.74, 6) is 1.94. The summed E-state index contributed by atoms with van der Waals surface area (Å²) >= 11 is 0. The Labute approximate surface area is 140 Å². The van der Waals surface area contributed by atoms with Gasteiger partial charge in [-0.1, -0.05) is 36.4 Å². The summed E-state index contributed by atoms with van der Waals surface area (Å²) < 4.78 is 0. The van der Waals surface area contributed by atoms with E-state index in [1.165, 1.54) is 24.9 Å². The van der Waals surface area contributed by atoms with E-state index in [-0.39, 0.29) is 0 Å². The van der Waals surface area contributed by atoms with E-state index >= 15 is 0 Å². The molecule has 1 saturated heterocycles. The smallest absolute Gasteiger partial charge is 0.128 e. The summed E-state index contributed by atoms with van der Waals surface area (Å²) in [5, 5.41) is 0. The van der Waals surface area contributed by atoms with Crippen molar-refractivity contribution in [2.75, 3.05) is 31.6 Å². The lowest BCUT2D eigenvalue weighted by Crippen LogP contribution is -2.38. The van der Waals surface area contributed by atoms with Crippen molar-refractivity contribution in [1.82, 2.24) is 9.88 Å². The summed E-state index contributed by atoms with van der Waals surface area (Å²) in [7, 11) is 2.24. The van der Waals surface area contributed by atoms with Crippen LogP contribution >= 0.6 is 0 Å². The monoisotopic (exact) mass is 309 g/mol. The number of anilines is 1. The van der Waals surface area contributed by atoms with Crippen LogP contribution in [-0.2, 0) is 6.54 Å². The predicted octanol–water partition coefficient (Wildman–Crippen LogP) is 3.74. The van der Waals surface area contributed by atoms with Crippen molar-refractivity contribution in [3.8, 4) is 0 Å². The SMILES string of the molecule is Cc1cccc(N2CCC(CN(C)Cc3ccccc3)CC2)n1. The van der Waals surface area contributed by atoms with E-state index in [1.54, 1.807) is 0 Å². The van der Waals surface area contributed by atoms with Crippen LogP contribution in [0.1, 0.15) is 24.1 Å². The Morgan fingerprint density at radius 1 is 1.04 bits per heavy atom. The molecule has 1 aliphatic rings. The zero-order chi connectivity index (χ0) is 16.1. The van der Waals surface area contributed by atoms with Crippen LogP contribution in [0.5, 0.6) is 0 Å². The highest BCUT2D eigenvalue weighted by molar-refractivity contribution is 5.39. The summed E-state index contributed by atoms with van der Waals surface area (Å²) in [6.07, 6.45) is 2.52. The molecule has 0 unspecified atom stereocenters. The third-order valence-electron chi connectivity index (χ3n) is 4.68. The largest absolute Gasteiger partial charge is 0.357 e. The van der Waals surface area contributed by atoms with Crippen LogP contribution in [0.3, 0.4) is 0 Å². The number of piperidine rings is 1. The van der Waals surface area contributed by atoms with Gasteiger partial charge in [0.2, 0.25) is 0 Å². The molecule has 0 spiro atoms. The van der Waals surface area contributed by atoms with Gasteiger partial charge < -0.3 is 9.80 Å². The maximum atomic E-state index is 4.65. The molecule has 1 fully saturated rings. The molecule has 0 bridgehead atoms. The number of benzene rings is 1. The highest BCUT2D eigenvalue weighted by atomic mass is 15.2. The number of aryl methyl sites for hydroxylation is 1. The fraction of sp³-hybridized carbons (Fsp3) is 0.450. The summed E-state index contributed by atoms with van der Waals surface area (Å²) in [6, 6.07) is 17.1. The number of nitrogens with zero attached hydrogens (tertiary/aromatic N) is 3. The minimum absolute atomic E-state index is 0.796. The average Bonchev–Trinajstić information content (AvgIpc) is 2.56. The first kappa shape index (κ1) is 16.0. The maximum absolute atomic E-state index is 4.65. The van der Waals surface area contributed by atoms with Crippen LogP contribution < -0.4 is 4.90 Å². The number of hydrogen-bond donors (Lipinski definition) is 0. The van der Waals surface area contributed by atoms with Gasteiger partial charge in [-0.05, 0) is 50.4 Å². The van der Waals surface area contributed by atoms with Gasteiger partial charge in [-0.2, -0.15) is 0 Å². The van der Waals surface area contributed by atoms with E-state index in [0.29, 0.717) is 0 Å². The minimum atomic E-state index is 0.796.